The van der Waals surface area contributed by atoms with Gasteiger partial charge in [0.05, 0.1) is 13.0 Å². The van der Waals surface area contributed by atoms with E-state index in [9.17, 15) is 14.4 Å². The van der Waals surface area contributed by atoms with Crippen molar-refractivity contribution in [1.29, 1.82) is 0 Å². The van der Waals surface area contributed by atoms with Crippen LogP contribution in [0.4, 0.5) is 0 Å². The van der Waals surface area contributed by atoms with Gasteiger partial charge in [-0.05, 0) is 12.8 Å². The zero-order valence-electron chi connectivity index (χ0n) is 10.1. The maximum absolute atomic E-state index is 11.5. The second-order valence-corrected chi connectivity index (χ2v) is 4.49. The fourth-order valence-electron chi connectivity index (χ4n) is 2.01. The number of nitrogens with one attached hydrogen (secondary N) is 2. The molecule has 0 bridgehead atoms. The monoisotopic (exact) mass is 257 g/mol. The lowest BCUT2D eigenvalue weighted by molar-refractivity contribution is -0.143. The third-order valence-electron chi connectivity index (χ3n) is 2.95. The number of aliphatic carboxylic acids is 1. The first-order valence-corrected chi connectivity index (χ1v) is 6.03. The molecule has 1 aliphatic carbocycles. The summed E-state index contributed by atoms with van der Waals surface area (Å²) in [5.74, 6) is -2.45. The Kier molecular flexibility index (Phi) is 5.57. The Bertz CT molecular complexity index is 326. The number of hydrogen-bond acceptors (Lipinski definition) is 4. The van der Waals surface area contributed by atoms with Crippen LogP contribution >= 0.6 is 0 Å². The van der Waals surface area contributed by atoms with E-state index < -0.39 is 30.2 Å². The molecular weight excluding hydrogens is 238 g/mol. The maximum Gasteiger partial charge on any atom is 0.326 e. The molecule has 1 unspecified atom stereocenters. The van der Waals surface area contributed by atoms with Crippen molar-refractivity contribution in [2.75, 3.05) is 6.54 Å². The Morgan fingerprint density at radius 1 is 1.28 bits per heavy atom. The summed E-state index contributed by atoms with van der Waals surface area (Å²) < 4.78 is 0. The largest absolute Gasteiger partial charge is 0.480 e. The molecule has 0 heterocycles. The van der Waals surface area contributed by atoms with Crippen molar-refractivity contribution in [3.05, 3.63) is 0 Å². The van der Waals surface area contributed by atoms with Crippen molar-refractivity contribution in [2.45, 2.75) is 44.2 Å². The number of rotatable bonds is 7. The van der Waals surface area contributed by atoms with E-state index in [2.05, 4.69) is 10.6 Å². The second-order valence-electron chi connectivity index (χ2n) is 4.49. The first-order chi connectivity index (χ1) is 8.49. The van der Waals surface area contributed by atoms with E-state index in [-0.39, 0.29) is 6.54 Å². The van der Waals surface area contributed by atoms with Gasteiger partial charge in [-0.2, -0.15) is 0 Å². The molecule has 18 heavy (non-hydrogen) atoms. The van der Waals surface area contributed by atoms with E-state index in [0.717, 1.165) is 25.7 Å². The standard InChI is InChI=1S/C11H19N3O4/c12-9(15)5-8(11(17)18)14-10(16)6-13-7-3-1-2-4-7/h7-8,13H,1-6H2,(H2,12,15)(H,14,16)(H,17,18). The number of carbonyl (C=O) groups is 3. The number of carbonyl (C=O) groups excluding carboxylic acids is 2. The first kappa shape index (κ1) is 14.4. The molecule has 0 aliphatic heterocycles. The number of primary amides is 1. The van der Waals surface area contributed by atoms with Crippen LogP contribution in [0.2, 0.25) is 0 Å². The summed E-state index contributed by atoms with van der Waals surface area (Å²) in [6.07, 6.45) is 3.98. The van der Waals surface area contributed by atoms with E-state index in [1.54, 1.807) is 0 Å². The van der Waals surface area contributed by atoms with Crippen LogP contribution in [0.3, 0.4) is 0 Å². The first-order valence-electron chi connectivity index (χ1n) is 6.03. The minimum atomic E-state index is -1.26. The predicted octanol–water partition coefficient (Wildman–Crippen LogP) is -1.04. The van der Waals surface area contributed by atoms with Gasteiger partial charge in [-0.25, -0.2) is 4.79 Å². The number of carboxylic acids is 1. The molecule has 0 radical (unpaired) electrons. The van der Waals surface area contributed by atoms with E-state index in [0.29, 0.717) is 6.04 Å². The minimum Gasteiger partial charge on any atom is -0.480 e. The van der Waals surface area contributed by atoms with Crippen molar-refractivity contribution in [3.63, 3.8) is 0 Å². The van der Waals surface area contributed by atoms with Gasteiger partial charge in [0, 0.05) is 6.04 Å². The highest BCUT2D eigenvalue weighted by atomic mass is 16.4. The smallest absolute Gasteiger partial charge is 0.326 e. The molecule has 0 aromatic heterocycles. The molecule has 7 nitrogen and oxygen atoms in total. The van der Waals surface area contributed by atoms with Gasteiger partial charge in [0.15, 0.2) is 0 Å². The van der Waals surface area contributed by atoms with E-state index in [4.69, 9.17) is 10.8 Å². The topological polar surface area (TPSA) is 122 Å². The fraction of sp³-hybridized carbons (Fsp3) is 0.727. The molecule has 1 aliphatic rings. The normalized spacial score (nSPS) is 17.3. The molecule has 1 rings (SSSR count). The summed E-state index contributed by atoms with van der Waals surface area (Å²) in [6, 6.07) is -0.921. The van der Waals surface area contributed by atoms with E-state index in [1.807, 2.05) is 0 Å². The molecule has 0 saturated heterocycles. The van der Waals surface area contributed by atoms with Crippen LogP contribution in [-0.4, -0.2) is 41.5 Å². The van der Waals surface area contributed by atoms with Gasteiger partial charge in [-0.1, -0.05) is 12.8 Å². The number of nitrogens with two attached hydrogens (primary N) is 1. The van der Waals surface area contributed by atoms with E-state index in [1.165, 1.54) is 0 Å². The van der Waals surface area contributed by atoms with Gasteiger partial charge in [0.2, 0.25) is 11.8 Å². The fourth-order valence-corrected chi connectivity index (χ4v) is 2.01. The summed E-state index contributed by atoms with van der Waals surface area (Å²) in [4.78, 5) is 32.9. The average molecular weight is 257 g/mol. The highest BCUT2D eigenvalue weighted by molar-refractivity contribution is 5.88. The molecule has 1 saturated carbocycles. The zero-order valence-corrected chi connectivity index (χ0v) is 10.1. The van der Waals surface area contributed by atoms with E-state index >= 15 is 0 Å². The molecule has 1 fully saturated rings. The zero-order chi connectivity index (χ0) is 13.5. The Morgan fingerprint density at radius 3 is 2.39 bits per heavy atom. The van der Waals surface area contributed by atoms with Crippen LogP contribution in [0.25, 0.3) is 0 Å². The van der Waals surface area contributed by atoms with Crippen LogP contribution in [0.5, 0.6) is 0 Å². The third-order valence-corrected chi connectivity index (χ3v) is 2.95. The lowest BCUT2D eigenvalue weighted by Crippen LogP contribution is -2.47. The summed E-state index contributed by atoms with van der Waals surface area (Å²) in [6.45, 7) is 0.0627. The van der Waals surface area contributed by atoms with Crippen LogP contribution < -0.4 is 16.4 Å². The Balaban J connectivity index is 2.31. The van der Waals surface area contributed by atoms with Crippen LogP contribution in [0.1, 0.15) is 32.1 Å². The molecule has 0 aromatic carbocycles. The van der Waals surface area contributed by atoms with Gasteiger partial charge in [-0.15, -0.1) is 0 Å². The summed E-state index contributed by atoms with van der Waals surface area (Å²) in [5.41, 5.74) is 4.91. The summed E-state index contributed by atoms with van der Waals surface area (Å²) >= 11 is 0. The van der Waals surface area contributed by atoms with Gasteiger partial charge in [-0.3, -0.25) is 9.59 Å². The van der Waals surface area contributed by atoms with Gasteiger partial charge >= 0.3 is 5.97 Å². The van der Waals surface area contributed by atoms with Crippen LogP contribution in [0.15, 0.2) is 0 Å². The molecule has 0 spiro atoms. The Hall–Kier alpha value is -1.63. The highest BCUT2D eigenvalue weighted by Crippen LogP contribution is 2.17. The molecule has 102 valence electrons. The molecule has 1 atom stereocenters. The summed E-state index contributed by atoms with van der Waals surface area (Å²) in [7, 11) is 0. The van der Waals surface area contributed by atoms with Crippen LogP contribution in [-0.2, 0) is 14.4 Å². The van der Waals surface area contributed by atoms with Crippen molar-refractivity contribution < 1.29 is 19.5 Å². The van der Waals surface area contributed by atoms with Crippen molar-refractivity contribution in [1.82, 2.24) is 10.6 Å². The molecule has 0 aromatic rings. The van der Waals surface area contributed by atoms with Crippen molar-refractivity contribution >= 4 is 17.8 Å². The Morgan fingerprint density at radius 2 is 1.89 bits per heavy atom. The van der Waals surface area contributed by atoms with Gasteiger partial charge in [0.25, 0.3) is 0 Å². The molecule has 7 heteroatoms. The van der Waals surface area contributed by atoms with Gasteiger partial charge in [0.1, 0.15) is 6.04 Å². The summed E-state index contributed by atoms with van der Waals surface area (Å²) in [5, 5.41) is 14.1. The number of hydrogen-bond donors (Lipinski definition) is 4. The molecular formula is C11H19N3O4. The van der Waals surface area contributed by atoms with Crippen LogP contribution in [0, 0.1) is 0 Å². The third kappa shape index (κ3) is 5.13. The molecule has 5 N–H and O–H groups in total. The van der Waals surface area contributed by atoms with Crippen molar-refractivity contribution in [2.24, 2.45) is 5.73 Å². The van der Waals surface area contributed by atoms with Crippen molar-refractivity contribution in [3.8, 4) is 0 Å². The SMILES string of the molecule is NC(=O)CC(NC(=O)CNC1CCCC1)C(=O)O. The van der Waals surface area contributed by atoms with Gasteiger partial charge < -0.3 is 21.5 Å². The quantitative estimate of drug-likeness (QED) is 0.464. The second kappa shape index (κ2) is 6.95. The average Bonchev–Trinajstić information content (AvgIpc) is 2.77. The predicted molar refractivity (Wildman–Crippen MR) is 63.6 cm³/mol. The molecule has 2 amide bonds. The number of amides is 2. The maximum atomic E-state index is 11.5. The lowest BCUT2D eigenvalue weighted by Gasteiger charge is -2.15. The highest BCUT2D eigenvalue weighted by Gasteiger charge is 2.22. The lowest BCUT2D eigenvalue weighted by atomic mass is 10.2. The number of carboxylic acid groups (broad SMARTS) is 1. The minimum absolute atomic E-state index is 0.0627. The Labute approximate surface area is 105 Å².